The van der Waals surface area contributed by atoms with E-state index in [-0.39, 0.29) is 32.3 Å². The predicted molar refractivity (Wildman–Crippen MR) is 197 cm³/mol. The fraction of sp³-hybridized carbons (Fsp3) is 0.868. The Balaban J connectivity index is 4.02. The molecule has 9 heteroatoms. The molecule has 0 aliphatic heterocycles. The van der Waals surface area contributed by atoms with Crippen LogP contribution in [0.4, 0.5) is 0 Å². The first kappa shape index (κ1) is 46.0. The number of phosphoric acid groups is 1. The molecule has 0 rings (SSSR count). The van der Waals surface area contributed by atoms with E-state index in [9.17, 15) is 14.3 Å². The molecule has 0 spiro atoms. The van der Waals surface area contributed by atoms with Crippen LogP contribution in [0.2, 0.25) is 0 Å². The maximum atomic E-state index is 12.5. The second kappa shape index (κ2) is 36.3. The molecule has 0 aromatic heterocycles. The molecule has 278 valence electrons. The van der Waals surface area contributed by atoms with Crippen molar-refractivity contribution >= 4 is 13.8 Å². The Labute approximate surface area is 289 Å². The minimum Gasteiger partial charge on any atom is -0.457 e. The van der Waals surface area contributed by atoms with E-state index in [1.165, 1.54) is 103 Å². The Kier molecular flexibility index (Phi) is 35.5. The Bertz CT molecular complexity index is 777. The minimum atomic E-state index is -4.27. The lowest BCUT2D eigenvalue weighted by Gasteiger charge is -2.20. The Morgan fingerprint density at radius 1 is 0.617 bits per heavy atom. The van der Waals surface area contributed by atoms with Crippen LogP contribution in [-0.4, -0.2) is 49.9 Å². The molecule has 0 fully saturated rings. The summed E-state index contributed by atoms with van der Waals surface area (Å²) in [6, 6.07) is 0. The molecule has 0 aromatic carbocycles. The topological polar surface area (TPSA) is 117 Å². The number of allylic oxidation sites excluding steroid dienone is 4. The number of ether oxygens (including phenoxy) is 2. The molecule has 47 heavy (non-hydrogen) atoms. The first-order valence-electron chi connectivity index (χ1n) is 19.3. The van der Waals surface area contributed by atoms with E-state index >= 15 is 0 Å². The molecule has 0 aromatic rings. The number of rotatable bonds is 37. The number of phosphoric ester groups is 1. The third-order valence-corrected chi connectivity index (χ3v) is 9.06. The monoisotopic (exact) mass is 688 g/mol. The van der Waals surface area contributed by atoms with Gasteiger partial charge in [-0.05, 0) is 57.8 Å². The molecule has 0 amide bonds. The highest BCUT2D eigenvalue weighted by molar-refractivity contribution is 7.47. The molecule has 3 N–H and O–H groups in total. The quantitative estimate of drug-likeness (QED) is 0.0287. The van der Waals surface area contributed by atoms with Gasteiger partial charge in [-0.1, -0.05) is 134 Å². The molecule has 0 aliphatic rings. The lowest BCUT2D eigenvalue weighted by atomic mass is 10.1. The van der Waals surface area contributed by atoms with Gasteiger partial charge in [0.1, 0.15) is 6.10 Å². The molecule has 0 saturated heterocycles. The number of nitrogens with two attached hydrogens (primary N) is 1. The summed E-state index contributed by atoms with van der Waals surface area (Å²) in [5.41, 5.74) is 5.35. The first-order chi connectivity index (χ1) is 22.9. The van der Waals surface area contributed by atoms with Gasteiger partial charge in [0.05, 0.1) is 19.8 Å². The molecular weight excluding hydrogens is 613 g/mol. The lowest BCUT2D eigenvalue weighted by Crippen LogP contribution is -2.28. The van der Waals surface area contributed by atoms with Crippen molar-refractivity contribution in [3.63, 3.8) is 0 Å². The SMILES string of the molecule is CCC/C=C\CCCCCCCC(=O)OC(COCCCCCCCCCC/C=C\CCCCCCCC)COP(=O)(O)OCCN. The zero-order valence-electron chi connectivity index (χ0n) is 30.5. The summed E-state index contributed by atoms with van der Waals surface area (Å²) >= 11 is 0. The van der Waals surface area contributed by atoms with Crippen molar-refractivity contribution in [2.24, 2.45) is 5.73 Å². The van der Waals surface area contributed by atoms with E-state index in [2.05, 4.69) is 38.2 Å². The molecule has 8 nitrogen and oxygen atoms in total. The summed E-state index contributed by atoms with van der Waals surface area (Å²) in [5.74, 6) is -0.343. The van der Waals surface area contributed by atoms with Gasteiger partial charge in [0, 0.05) is 19.6 Å². The highest BCUT2D eigenvalue weighted by Crippen LogP contribution is 2.43. The number of unbranched alkanes of at least 4 members (excludes halogenated alkanes) is 20. The van der Waals surface area contributed by atoms with Gasteiger partial charge in [0.15, 0.2) is 0 Å². The van der Waals surface area contributed by atoms with Crippen molar-refractivity contribution in [3.05, 3.63) is 24.3 Å². The van der Waals surface area contributed by atoms with Crippen LogP contribution in [0.5, 0.6) is 0 Å². The minimum absolute atomic E-state index is 0.0968. The van der Waals surface area contributed by atoms with Gasteiger partial charge in [-0.25, -0.2) is 4.57 Å². The van der Waals surface area contributed by atoms with E-state index in [4.69, 9.17) is 24.3 Å². The highest BCUT2D eigenvalue weighted by Gasteiger charge is 2.25. The second-order valence-electron chi connectivity index (χ2n) is 12.8. The summed E-state index contributed by atoms with van der Waals surface area (Å²) in [5, 5.41) is 0. The van der Waals surface area contributed by atoms with Crippen molar-refractivity contribution in [1.29, 1.82) is 0 Å². The molecule has 0 bridgehead atoms. The van der Waals surface area contributed by atoms with E-state index in [0.29, 0.717) is 13.0 Å². The second-order valence-corrected chi connectivity index (χ2v) is 14.2. The van der Waals surface area contributed by atoms with Gasteiger partial charge in [0.25, 0.3) is 0 Å². The van der Waals surface area contributed by atoms with Crippen molar-refractivity contribution in [2.45, 2.75) is 180 Å². The Morgan fingerprint density at radius 2 is 1.11 bits per heavy atom. The van der Waals surface area contributed by atoms with Gasteiger partial charge in [-0.3, -0.25) is 13.8 Å². The van der Waals surface area contributed by atoms with Crippen LogP contribution in [-0.2, 0) is 27.9 Å². The van der Waals surface area contributed by atoms with Crippen molar-refractivity contribution < 1.29 is 32.8 Å². The van der Waals surface area contributed by atoms with Gasteiger partial charge in [-0.15, -0.1) is 0 Å². The van der Waals surface area contributed by atoms with Crippen LogP contribution in [0.15, 0.2) is 24.3 Å². The molecular formula is C38H74NO7P. The van der Waals surface area contributed by atoms with Crippen molar-refractivity contribution in [2.75, 3.05) is 33.0 Å². The maximum absolute atomic E-state index is 12.5. The highest BCUT2D eigenvalue weighted by atomic mass is 31.2. The number of esters is 1. The molecule has 2 unspecified atom stereocenters. The fourth-order valence-corrected chi connectivity index (χ4v) is 5.99. The summed E-state index contributed by atoms with van der Waals surface area (Å²) in [4.78, 5) is 22.3. The van der Waals surface area contributed by atoms with Crippen LogP contribution >= 0.6 is 7.82 Å². The molecule has 0 saturated carbocycles. The third-order valence-electron chi connectivity index (χ3n) is 8.07. The van der Waals surface area contributed by atoms with Crippen molar-refractivity contribution in [1.82, 2.24) is 0 Å². The summed E-state index contributed by atoms with van der Waals surface area (Å²) in [6.07, 6.45) is 37.7. The van der Waals surface area contributed by atoms with Crippen LogP contribution in [0.1, 0.15) is 174 Å². The van der Waals surface area contributed by atoms with Crippen LogP contribution < -0.4 is 5.73 Å². The molecule has 0 heterocycles. The average molecular weight is 688 g/mol. The largest absolute Gasteiger partial charge is 0.472 e. The maximum Gasteiger partial charge on any atom is 0.472 e. The number of carbonyl (C=O) groups excluding carboxylic acids is 1. The lowest BCUT2D eigenvalue weighted by molar-refractivity contribution is -0.154. The number of hydrogen-bond acceptors (Lipinski definition) is 7. The number of carbonyl (C=O) groups is 1. The number of hydrogen-bond donors (Lipinski definition) is 2. The summed E-state index contributed by atoms with van der Waals surface area (Å²) in [6.45, 7) is 4.84. The van der Waals surface area contributed by atoms with E-state index in [1.54, 1.807) is 0 Å². The van der Waals surface area contributed by atoms with Gasteiger partial charge < -0.3 is 20.1 Å². The summed E-state index contributed by atoms with van der Waals surface area (Å²) in [7, 11) is -4.27. The average Bonchev–Trinajstić information content (AvgIpc) is 3.06. The standard InChI is InChI=1S/C38H74NO7P/c1-3-5-7-9-11-13-15-16-17-18-19-20-21-22-24-26-28-30-33-43-35-37(36-45-47(41,42)44-34-32-39)46-38(40)31-29-27-25-23-14-12-10-8-6-4-2/h8,10,16-17,37H,3-7,9,11-15,18-36,39H2,1-2H3,(H,41,42)/b10-8-,17-16-. The molecule has 2 atom stereocenters. The van der Waals surface area contributed by atoms with E-state index in [1.807, 2.05) is 0 Å². The van der Waals surface area contributed by atoms with E-state index in [0.717, 1.165) is 51.4 Å². The van der Waals surface area contributed by atoms with Crippen LogP contribution in [0.25, 0.3) is 0 Å². The summed E-state index contributed by atoms with van der Waals surface area (Å²) < 4.78 is 33.2. The van der Waals surface area contributed by atoms with Gasteiger partial charge in [0.2, 0.25) is 0 Å². The molecule has 0 aliphatic carbocycles. The zero-order chi connectivity index (χ0) is 34.5. The van der Waals surface area contributed by atoms with E-state index < -0.39 is 13.9 Å². The Morgan fingerprint density at radius 3 is 1.64 bits per heavy atom. The van der Waals surface area contributed by atoms with Gasteiger partial charge >= 0.3 is 13.8 Å². The predicted octanol–water partition coefficient (Wildman–Crippen LogP) is 10.9. The zero-order valence-corrected chi connectivity index (χ0v) is 31.4. The van der Waals surface area contributed by atoms with Crippen LogP contribution in [0.3, 0.4) is 0 Å². The third kappa shape index (κ3) is 36.1. The first-order valence-corrected chi connectivity index (χ1v) is 20.8. The smallest absolute Gasteiger partial charge is 0.457 e. The fourth-order valence-electron chi connectivity index (χ4n) is 5.23. The molecule has 0 radical (unpaired) electrons. The van der Waals surface area contributed by atoms with Crippen LogP contribution in [0, 0.1) is 0 Å². The van der Waals surface area contributed by atoms with Crippen molar-refractivity contribution in [3.8, 4) is 0 Å². The normalized spacial score (nSPS) is 13.9. The van der Waals surface area contributed by atoms with Gasteiger partial charge in [-0.2, -0.15) is 0 Å². The Hall–Kier alpha value is -1.02.